The SMILES string of the molecule is NC(N)=NCCC[C@H](N)C(=O)N[C@@H](Cc1c[nH]c2ccccc12)C(=O)N[C@@H](Cc1ccc(O)cc1)C(=O)O. The molecule has 3 atom stereocenters. The van der Waals surface area contributed by atoms with Gasteiger partial charge in [-0.2, -0.15) is 0 Å². The number of carboxylic acids is 1. The fourth-order valence-electron chi connectivity index (χ4n) is 4.00. The first-order valence-corrected chi connectivity index (χ1v) is 12.1. The lowest BCUT2D eigenvalue weighted by molar-refractivity contribution is -0.142. The van der Waals surface area contributed by atoms with Crippen molar-refractivity contribution >= 4 is 34.6 Å². The monoisotopic (exact) mass is 523 g/mol. The zero-order chi connectivity index (χ0) is 27.7. The molecule has 0 aliphatic carbocycles. The van der Waals surface area contributed by atoms with Crippen molar-refractivity contribution in [1.82, 2.24) is 15.6 Å². The van der Waals surface area contributed by atoms with Crippen LogP contribution in [-0.2, 0) is 27.2 Å². The molecular weight excluding hydrogens is 490 g/mol. The van der Waals surface area contributed by atoms with E-state index in [0.717, 1.165) is 16.5 Å². The fourth-order valence-corrected chi connectivity index (χ4v) is 4.00. The summed E-state index contributed by atoms with van der Waals surface area (Å²) in [5.41, 5.74) is 18.9. The second kappa shape index (κ2) is 13.1. The molecule has 0 saturated heterocycles. The number of phenolic OH excluding ortho intramolecular Hbond substituents is 1. The summed E-state index contributed by atoms with van der Waals surface area (Å²) < 4.78 is 0. The quantitative estimate of drug-likeness (QED) is 0.0869. The Morgan fingerprint density at radius 2 is 1.63 bits per heavy atom. The molecule has 1 heterocycles. The number of benzene rings is 2. The van der Waals surface area contributed by atoms with Crippen LogP contribution < -0.4 is 27.8 Å². The summed E-state index contributed by atoms with van der Waals surface area (Å²) in [6.07, 6.45) is 2.58. The highest BCUT2D eigenvalue weighted by Gasteiger charge is 2.29. The molecule has 3 rings (SSSR count). The van der Waals surface area contributed by atoms with Crippen LogP contribution in [0.3, 0.4) is 0 Å². The molecular formula is C26H33N7O5. The topological polar surface area (TPSA) is 222 Å². The fraction of sp³-hybridized carbons (Fsp3) is 0.308. The molecule has 2 amide bonds. The van der Waals surface area contributed by atoms with Crippen LogP contribution in [0.25, 0.3) is 10.9 Å². The molecule has 0 aliphatic rings. The molecule has 0 spiro atoms. The van der Waals surface area contributed by atoms with Gasteiger partial charge in [-0.25, -0.2) is 4.79 Å². The van der Waals surface area contributed by atoms with E-state index in [9.17, 15) is 24.6 Å². The number of aromatic amines is 1. The number of carbonyl (C=O) groups excluding carboxylic acids is 2. The molecule has 0 radical (unpaired) electrons. The standard InChI is InChI=1S/C26H33N7O5/c27-19(5-3-11-30-26(28)29)23(35)32-21(13-16-14-31-20-6-2-1-4-18(16)20)24(36)33-22(25(37)38)12-15-7-9-17(34)10-8-15/h1-2,4,6-10,14,19,21-22,31,34H,3,5,11-13,27H2,(H,32,35)(H,33,36)(H,37,38)(H4,28,29,30)/t19-,21-,22-/m0/s1. The Labute approximate surface area is 219 Å². The lowest BCUT2D eigenvalue weighted by atomic mass is 10.0. The number of hydrogen-bond donors (Lipinski definition) is 8. The molecule has 12 heteroatoms. The Bertz CT molecular complexity index is 1280. The van der Waals surface area contributed by atoms with Crippen LogP contribution in [0.2, 0.25) is 0 Å². The normalized spacial score (nSPS) is 13.3. The first kappa shape index (κ1) is 28.0. The summed E-state index contributed by atoms with van der Waals surface area (Å²) in [7, 11) is 0. The third-order valence-electron chi connectivity index (χ3n) is 6.03. The van der Waals surface area contributed by atoms with Gasteiger partial charge >= 0.3 is 5.97 Å². The number of aromatic hydroxyl groups is 1. The number of guanidine groups is 1. The average molecular weight is 524 g/mol. The minimum Gasteiger partial charge on any atom is -0.508 e. The second-order valence-electron chi connectivity index (χ2n) is 8.95. The van der Waals surface area contributed by atoms with Crippen LogP contribution >= 0.6 is 0 Å². The summed E-state index contributed by atoms with van der Waals surface area (Å²) in [6, 6.07) is 10.2. The van der Waals surface area contributed by atoms with Crippen molar-refractivity contribution in [3.05, 3.63) is 65.9 Å². The summed E-state index contributed by atoms with van der Waals surface area (Å²) in [5, 5.41) is 25.3. The number of fused-ring (bicyclic) bond motifs is 1. The minimum atomic E-state index is -1.26. The third kappa shape index (κ3) is 7.96. The van der Waals surface area contributed by atoms with Crippen LogP contribution in [0.4, 0.5) is 0 Å². The number of aliphatic imine (C=N–C) groups is 1. The lowest BCUT2D eigenvalue weighted by Gasteiger charge is -2.23. The van der Waals surface area contributed by atoms with Crippen LogP contribution in [0.15, 0.2) is 59.7 Å². The molecule has 202 valence electrons. The molecule has 0 aliphatic heterocycles. The Morgan fingerprint density at radius 1 is 0.947 bits per heavy atom. The van der Waals surface area contributed by atoms with Gasteiger partial charge in [0.05, 0.1) is 6.04 Å². The number of aromatic nitrogens is 1. The van der Waals surface area contributed by atoms with E-state index in [1.165, 1.54) is 12.1 Å². The molecule has 0 saturated carbocycles. The summed E-state index contributed by atoms with van der Waals surface area (Å²) >= 11 is 0. The average Bonchev–Trinajstić information content (AvgIpc) is 3.29. The van der Waals surface area contributed by atoms with Crippen LogP contribution in [0.5, 0.6) is 5.75 Å². The van der Waals surface area contributed by atoms with Gasteiger partial charge in [-0.3, -0.25) is 14.6 Å². The van der Waals surface area contributed by atoms with Crippen molar-refractivity contribution in [3.8, 4) is 5.75 Å². The molecule has 2 aromatic carbocycles. The number of hydrogen-bond acceptors (Lipinski definition) is 6. The first-order chi connectivity index (χ1) is 18.1. The highest BCUT2D eigenvalue weighted by atomic mass is 16.4. The molecule has 11 N–H and O–H groups in total. The van der Waals surface area contributed by atoms with Gasteiger partial charge in [0.25, 0.3) is 0 Å². The first-order valence-electron chi connectivity index (χ1n) is 12.1. The number of phenols is 1. The van der Waals surface area contributed by atoms with Gasteiger partial charge in [0.15, 0.2) is 5.96 Å². The van der Waals surface area contributed by atoms with E-state index in [1.54, 1.807) is 18.3 Å². The van der Waals surface area contributed by atoms with Gasteiger partial charge in [0, 0.05) is 36.5 Å². The molecule has 0 fully saturated rings. The Balaban J connectivity index is 1.76. The number of carbonyl (C=O) groups is 3. The van der Waals surface area contributed by atoms with E-state index < -0.39 is 35.9 Å². The minimum absolute atomic E-state index is 0.0145. The van der Waals surface area contributed by atoms with Crippen molar-refractivity contribution < 1.29 is 24.6 Å². The van der Waals surface area contributed by atoms with Crippen molar-refractivity contribution in [2.45, 2.75) is 43.8 Å². The smallest absolute Gasteiger partial charge is 0.326 e. The van der Waals surface area contributed by atoms with Crippen LogP contribution in [0, 0.1) is 0 Å². The highest BCUT2D eigenvalue weighted by molar-refractivity contribution is 5.93. The van der Waals surface area contributed by atoms with E-state index in [4.69, 9.17) is 17.2 Å². The number of nitrogens with two attached hydrogens (primary N) is 3. The van der Waals surface area contributed by atoms with Crippen molar-refractivity contribution in [2.75, 3.05) is 6.54 Å². The molecule has 3 aromatic rings. The van der Waals surface area contributed by atoms with Gasteiger partial charge in [-0.15, -0.1) is 0 Å². The maximum atomic E-state index is 13.3. The van der Waals surface area contributed by atoms with Crippen molar-refractivity contribution in [1.29, 1.82) is 0 Å². The Morgan fingerprint density at radius 3 is 2.32 bits per heavy atom. The number of aliphatic carboxylic acids is 1. The second-order valence-corrected chi connectivity index (χ2v) is 8.95. The molecule has 0 unspecified atom stereocenters. The van der Waals surface area contributed by atoms with Crippen molar-refractivity contribution in [2.24, 2.45) is 22.2 Å². The van der Waals surface area contributed by atoms with Gasteiger partial charge in [0.2, 0.25) is 11.8 Å². The van der Waals surface area contributed by atoms with Gasteiger partial charge in [-0.1, -0.05) is 30.3 Å². The lowest BCUT2D eigenvalue weighted by Crippen LogP contribution is -2.55. The highest BCUT2D eigenvalue weighted by Crippen LogP contribution is 2.19. The number of para-hydroxylation sites is 1. The van der Waals surface area contributed by atoms with Crippen molar-refractivity contribution in [3.63, 3.8) is 0 Å². The third-order valence-corrected chi connectivity index (χ3v) is 6.03. The predicted molar refractivity (Wildman–Crippen MR) is 143 cm³/mol. The maximum absolute atomic E-state index is 13.3. The van der Waals surface area contributed by atoms with E-state index in [2.05, 4.69) is 20.6 Å². The van der Waals surface area contributed by atoms with Gasteiger partial charge in [0.1, 0.15) is 17.8 Å². The molecule has 1 aromatic heterocycles. The number of nitrogens with one attached hydrogen (secondary N) is 3. The van der Waals surface area contributed by atoms with Crippen LogP contribution in [-0.4, -0.2) is 63.6 Å². The zero-order valence-electron chi connectivity index (χ0n) is 20.8. The van der Waals surface area contributed by atoms with E-state index in [1.807, 2.05) is 24.3 Å². The van der Waals surface area contributed by atoms with E-state index in [-0.39, 0.29) is 31.0 Å². The van der Waals surface area contributed by atoms with Gasteiger partial charge in [-0.05, 0) is 42.2 Å². The molecule has 38 heavy (non-hydrogen) atoms. The summed E-state index contributed by atoms with van der Waals surface area (Å²) in [6.45, 7) is 0.306. The van der Waals surface area contributed by atoms with E-state index in [0.29, 0.717) is 18.5 Å². The maximum Gasteiger partial charge on any atom is 0.326 e. The predicted octanol–water partition coefficient (Wildman–Crippen LogP) is 0.0938. The summed E-state index contributed by atoms with van der Waals surface area (Å²) in [5.74, 6) is -2.47. The Hall–Kier alpha value is -4.58. The number of amides is 2. The van der Waals surface area contributed by atoms with E-state index >= 15 is 0 Å². The summed E-state index contributed by atoms with van der Waals surface area (Å²) in [4.78, 5) is 45.1. The zero-order valence-corrected chi connectivity index (χ0v) is 20.8. The number of rotatable bonds is 13. The number of H-pyrrole nitrogens is 1. The number of carboxylic acid groups (broad SMARTS) is 1. The largest absolute Gasteiger partial charge is 0.508 e. The molecule has 0 bridgehead atoms. The van der Waals surface area contributed by atoms with Gasteiger partial charge < -0.3 is 43.0 Å². The number of nitrogens with zero attached hydrogens (tertiary/aromatic N) is 1. The Kier molecular flexibility index (Phi) is 9.66. The van der Waals surface area contributed by atoms with Crippen LogP contribution in [0.1, 0.15) is 24.0 Å². The molecule has 12 nitrogen and oxygen atoms in total.